The standard InChI is InChI=1S/C13H29N3/c1-10-8-16(9-13(10)15(5)6)12(3)7-11(2)14-4/h10-14H,7-9H2,1-6H3. The number of hydrogen-bond donors (Lipinski definition) is 1. The van der Waals surface area contributed by atoms with Gasteiger partial charge in [-0.05, 0) is 47.3 Å². The van der Waals surface area contributed by atoms with Crippen molar-refractivity contribution in [2.45, 2.75) is 45.3 Å². The van der Waals surface area contributed by atoms with Crippen LogP contribution in [-0.4, -0.2) is 62.2 Å². The smallest absolute Gasteiger partial charge is 0.0254 e. The summed E-state index contributed by atoms with van der Waals surface area (Å²) in [4.78, 5) is 5.02. The fraction of sp³-hybridized carbons (Fsp3) is 1.00. The molecule has 3 heteroatoms. The molecule has 4 atom stereocenters. The fourth-order valence-electron chi connectivity index (χ4n) is 2.80. The molecule has 1 saturated heterocycles. The number of likely N-dealkylation sites (N-methyl/N-ethyl adjacent to an activating group) is 1. The normalized spacial score (nSPS) is 30.9. The molecule has 0 aromatic heterocycles. The first kappa shape index (κ1) is 13.9. The van der Waals surface area contributed by atoms with Crippen LogP contribution < -0.4 is 5.32 Å². The average Bonchev–Trinajstić information content (AvgIpc) is 2.60. The molecule has 0 amide bonds. The lowest BCUT2D eigenvalue weighted by Gasteiger charge is -2.27. The van der Waals surface area contributed by atoms with Crippen LogP contribution in [0.2, 0.25) is 0 Å². The van der Waals surface area contributed by atoms with Crippen LogP contribution in [0.5, 0.6) is 0 Å². The molecular weight excluding hydrogens is 198 g/mol. The van der Waals surface area contributed by atoms with Crippen molar-refractivity contribution in [3.05, 3.63) is 0 Å². The van der Waals surface area contributed by atoms with Gasteiger partial charge in [0.2, 0.25) is 0 Å². The van der Waals surface area contributed by atoms with Gasteiger partial charge in [0, 0.05) is 31.2 Å². The van der Waals surface area contributed by atoms with E-state index in [4.69, 9.17) is 0 Å². The third-order valence-corrected chi connectivity index (χ3v) is 4.08. The van der Waals surface area contributed by atoms with Gasteiger partial charge in [-0.3, -0.25) is 4.90 Å². The molecule has 0 saturated carbocycles. The summed E-state index contributed by atoms with van der Waals surface area (Å²) in [6.45, 7) is 9.48. The van der Waals surface area contributed by atoms with Gasteiger partial charge in [0.05, 0.1) is 0 Å². The Labute approximate surface area is 101 Å². The van der Waals surface area contributed by atoms with Gasteiger partial charge in [-0.15, -0.1) is 0 Å². The van der Waals surface area contributed by atoms with E-state index in [9.17, 15) is 0 Å². The first-order valence-corrected chi connectivity index (χ1v) is 6.53. The fourth-order valence-corrected chi connectivity index (χ4v) is 2.80. The average molecular weight is 227 g/mol. The van der Waals surface area contributed by atoms with Crippen molar-refractivity contribution in [2.75, 3.05) is 34.2 Å². The highest BCUT2D eigenvalue weighted by Crippen LogP contribution is 2.23. The Hall–Kier alpha value is -0.120. The van der Waals surface area contributed by atoms with E-state index in [1.54, 1.807) is 0 Å². The summed E-state index contributed by atoms with van der Waals surface area (Å²) in [6, 6.07) is 2.03. The van der Waals surface area contributed by atoms with E-state index in [0.717, 1.165) is 12.0 Å². The summed E-state index contributed by atoms with van der Waals surface area (Å²) in [5.74, 6) is 0.794. The highest BCUT2D eigenvalue weighted by atomic mass is 15.3. The molecule has 3 nitrogen and oxygen atoms in total. The molecule has 16 heavy (non-hydrogen) atoms. The third-order valence-electron chi connectivity index (χ3n) is 4.08. The topological polar surface area (TPSA) is 18.5 Å². The second kappa shape index (κ2) is 5.99. The Balaban J connectivity index is 2.45. The summed E-state index contributed by atoms with van der Waals surface area (Å²) in [7, 11) is 6.45. The second-order valence-electron chi connectivity index (χ2n) is 5.74. The van der Waals surface area contributed by atoms with Crippen LogP contribution in [-0.2, 0) is 0 Å². The third kappa shape index (κ3) is 3.44. The number of likely N-dealkylation sites (tertiary alicyclic amines) is 1. The second-order valence-corrected chi connectivity index (χ2v) is 5.74. The van der Waals surface area contributed by atoms with E-state index in [2.05, 4.69) is 50.0 Å². The zero-order chi connectivity index (χ0) is 12.3. The molecule has 0 spiro atoms. The molecule has 96 valence electrons. The Morgan fingerprint density at radius 2 is 1.94 bits per heavy atom. The van der Waals surface area contributed by atoms with Crippen LogP contribution in [0.25, 0.3) is 0 Å². The monoisotopic (exact) mass is 227 g/mol. The minimum atomic E-state index is 0.615. The summed E-state index contributed by atoms with van der Waals surface area (Å²) < 4.78 is 0. The highest BCUT2D eigenvalue weighted by Gasteiger charge is 2.33. The zero-order valence-corrected chi connectivity index (χ0v) is 11.8. The van der Waals surface area contributed by atoms with Crippen molar-refractivity contribution in [1.82, 2.24) is 15.1 Å². The van der Waals surface area contributed by atoms with Gasteiger partial charge in [-0.1, -0.05) is 6.92 Å². The maximum Gasteiger partial charge on any atom is 0.0254 e. The first-order valence-electron chi connectivity index (χ1n) is 6.53. The van der Waals surface area contributed by atoms with Crippen molar-refractivity contribution in [3.8, 4) is 0 Å². The van der Waals surface area contributed by atoms with Crippen molar-refractivity contribution in [3.63, 3.8) is 0 Å². The Kier molecular flexibility index (Phi) is 5.22. The Bertz CT molecular complexity index is 205. The molecule has 0 aliphatic carbocycles. The number of rotatable bonds is 5. The van der Waals surface area contributed by atoms with Gasteiger partial charge in [0.25, 0.3) is 0 Å². The number of nitrogens with one attached hydrogen (secondary N) is 1. The van der Waals surface area contributed by atoms with E-state index >= 15 is 0 Å². The molecule has 1 rings (SSSR count). The largest absolute Gasteiger partial charge is 0.317 e. The molecule has 4 unspecified atom stereocenters. The van der Waals surface area contributed by atoms with Gasteiger partial charge >= 0.3 is 0 Å². The van der Waals surface area contributed by atoms with E-state index in [1.807, 2.05) is 7.05 Å². The van der Waals surface area contributed by atoms with Crippen molar-refractivity contribution in [2.24, 2.45) is 5.92 Å². The molecule has 1 aliphatic rings. The van der Waals surface area contributed by atoms with E-state index in [-0.39, 0.29) is 0 Å². The minimum Gasteiger partial charge on any atom is -0.317 e. The predicted octanol–water partition coefficient (Wildman–Crippen LogP) is 1.25. The molecule has 0 aromatic carbocycles. The van der Waals surface area contributed by atoms with Crippen LogP contribution in [0.15, 0.2) is 0 Å². The van der Waals surface area contributed by atoms with Crippen LogP contribution >= 0.6 is 0 Å². The van der Waals surface area contributed by atoms with Crippen LogP contribution in [0, 0.1) is 5.92 Å². The van der Waals surface area contributed by atoms with Gasteiger partial charge in [-0.25, -0.2) is 0 Å². The zero-order valence-electron chi connectivity index (χ0n) is 11.8. The van der Waals surface area contributed by atoms with Crippen LogP contribution in [0.1, 0.15) is 27.2 Å². The predicted molar refractivity (Wildman–Crippen MR) is 70.8 cm³/mol. The summed E-state index contributed by atoms with van der Waals surface area (Å²) in [5.41, 5.74) is 0. The number of nitrogens with zero attached hydrogens (tertiary/aromatic N) is 2. The molecule has 0 bridgehead atoms. The molecular formula is C13H29N3. The van der Waals surface area contributed by atoms with E-state index in [0.29, 0.717) is 12.1 Å². The first-order chi connectivity index (χ1) is 7.45. The summed E-state index contributed by atoms with van der Waals surface area (Å²) in [5, 5.41) is 3.33. The van der Waals surface area contributed by atoms with Crippen LogP contribution in [0.3, 0.4) is 0 Å². The van der Waals surface area contributed by atoms with Gasteiger partial charge in [0.15, 0.2) is 0 Å². The molecule has 1 fully saturated rings. The molecule has 1 N–H and O–H groups in total. The Morgan fingerprint density at radius 3 is 2.38 bits per heavy atom. The Morgan fingerprint density at radius 1 is 1.31 bits per heavy atom. The lowest BCUT2D eigenvalue weighted by Crippen LogP contribution is -2.39. The highest BCUT2D eigenvalue weighted by molar-refractivity contribution is 4.89. The molecule has 0 radical (unpaired) electrons. The SMILES string of the molecule is CNC(C)CC(C)N1CC(C)C(N(C)C)C1. The maximum absolute atomic E-state index is 3.33. The van der Waals surface area contributed by atoms with Gasteiger partial charge in [-0.2, -0.15) is 0 Å². The van der Waals surface area contributed by atoms with Crippen molar-refractivity contribution in [1.29, 1.82) is 0 Å². The maximum atomic E-state index is 3.33. The van der Waals surface area contributed by atoms with E-state index in [1.165, 1.54) is 19.5 Å². The van der Waals surface area contributed by atoms with Crippen molar-refractivity contribution >= 4 is 0 Å². The lowest BCUT2D eigenvalue weighted by molar-refractivity contribution is 0.208. The molecule has 0 aromatic rings. The lowest BCUT2D eigenvalue weighted by atomic mass is 10.1. The molecule has 1 heterocycles. The quantitative estimate of drug-likeness (QED) is 0.763. The summed E-state index contributed by atoms with van der Waals surface area (Å²) in [6.07, 6.45) is 1.24. The van der Waals surface area contributed by atoms with Crippen molar-refractivity contribution < 1.29 is 0 Å². The van der Waals surface area contributed by atoms with E-state index < -0.39 is 0 Å². The summed E-state index contributed by atoms with van der Waals surface area (Å²) >= 11 is 0. The molecule has 1 aliphatic heterocycles. The van der Waals surface area contributed by atoms with Crippen LogP contribution in [0.4, 0.5) is 0 Å². The van der Waals surface area contributed by atoms with Gasteiger partial charge in [0.1, 0.15) is 0 Å². The minimum absolute atomic E-state index is 0.615. The van der Waals surface area contributed by atoms with Gasteiger partial charge < -0.3 is 10.2 Å². The number of hydrogen-bond acceptors (Lipinski definition) is 3.